The van der Waals surface area contributed by atoms with Crippen LogP contribution < -0.4 is 4.31 Å². The minimum Gasteiger partial charge on any atom is -0.300 e. The lowest BCUT2D eigenvalue weighted by molar-refractivity contribution is 0.107. The number of nitrogens with zero attached hydrogens (tertiary/aromatic N) is 2. The van der Waals surface area contributed by atoms with E-state index in [1.165, 1.54) is 31.2 Å². The van der Waals surface area contributed by atoms with Crippen LogP contribution in [0.15, 0.2) is 83.8 Å². The van der Waals surface area contributed by atoms with Crippen molar-refractivity contribution in [1.29, 1.82) is 0 Å². The van der Waals surface area contributed by atoms with Crippen molar-refractivity contribution in [2.45, 2.75) is 61.4 Å². The number of sulfonamides is 1. The first kappa shape index (κ1) is 25.6. The average molecular weight is 544 g/mol. The molecule has 0 amide bonds. The number of benzene rings is 3. The molecule has 2 unspecified atom stereocenters. The second kappa shape index (κ2) is 11.1. The van der Waals surface area contributed by atoms with E-state index in [0.29, 0.717) is 27.7 Å². The Kier molecular flexibility index (Phi) is 7.92. The summed E-state index contributed by atoms with van der Waals surface area (Å²) in [6.45, 7) is 1.78. The van der Waals surface area contributed by atoms with Gasteiger partial charge in [-0.25, -0.2) is 8.42 Å². The Morgan fingerprint density at radius 1 is 0.722 bits per heavy atom. The summed E-state index contributed by atoms with van der Waals surface area (Å²) in [6, 6.07) is 24.8. The highest BCUT2D eigenvalue weighted by Crippen LogP contribution is 2.39. The van der Waals surface area contributed by atoms with Gasteiger partial charge in [0.15, 0.2) is 0 Å². The van der Waals surface area contributed by atoms with Crippen LogP contribution in [0.5, 0.6) is 0 Å². The first-order chi connectivity index (χ1) is 17.4. The van der Waals surface area contributed by atoms with Gasteiger partial charge >= 0.3 is 0 Å². The number of rotatable bonds is 6. The van der Waals surface area contributed by atoms with Crippen molar-refractivity contribution in [2.75, 3.05) is 17.4 Å². The van der Waals surface area contributed by atoms with Crippen molar-refractivity contribution < 1.29 is 8.42 Å². The largest absolute Gasteiger partial charge is 0.300 e. The third-order valence-electron chi connectivity index (χ3n) is 7.71. The predicted molar refractivity (Wildman–Crippen MR) is 149 cm³/mol. The Balaban J connectivity index is 1.39. The van der Waals surface area contributed by atoms with Crippen molar-refractivity contribution >= 4 is 38.9 Å². The lowest BCUT2D eigenvalue weighted by atomic mass is 9.78. The van der Waals surface area contributed by atoms with Crippen LogP contribution in [0.1, 0.15) is 50.0 Å². The SMILES string of the molecule is O=S(=O)(c1ccc(Cl)cc1)N(c1ccc(Cl)cc1)C1CCN(C2CCCCC2c2ccccc2)CC1. The van der Waals surface area contributed by atoms with E-state index >= 15 is 0 Å². The van der Waals surface area contributed by atoms with Gasteiger partial charge in [-0.1, -0.05) is 66.4 Å². The van der Waals surface area contributed by atoms with Crippen LogP contribution in [0.2, 0.25) is 10.0 Å². The highest BCUT2D eigenvalue weighted by atomic mass is 35.5. The van der Waals surface area contributed by atoms with Crippen LogP contribution in [-0.2, 0) is 10.0 Å². The van der Waals surface area contributed by atoms with E-state index in [1.54, 1.807) is 52.8 Å². The first-order valence-electron chi connectivity index (χ1n) is 12.8. The molecule has 1 saturated carbocycles. The van der Waals surface area contributed by atoms with E-state index in [4.69, 9.17) is 23.2 Å². The maximum absolute atomic E-state index is 13.9. The van der Waals surface area contributed by atoms with Crippen molar-refractivity contribution in [2.24, 2.45) is 0 Å². The smallest absolute Gasteiger partial charge is 0.264 e. The van der Waals surface area contributed by atoms with E-state index in [2.05, 4.69) is 35.2 Å². The molecule has 0 spiro atoms. The summed E-state index contributed by atoms with van der Waals surface area (Å²) in [5.74, 6) is 0.543. The Labute approximate surface area is 224 Å². The monoisotopic (exact) mass is 542 g/mol. The Bertz CT molecular complexity index is 1240. The molecule has 36 heavy (non-hydrogen) atoms. The molecule has 3 aromatic carbocycles. The predicted octanol–water partition coefficient (Wildman–Crippen LogP) is 7.38. The number of anilines is 1. The fraction of sp³-hybridized carbons (Fsp3) is 0.379. The van der Waals surface area contributed by atoms with E-state index in [0.717, 1.165) is 25.9 Å². The van der Waals surface area contributed by atoms with Gasteiger partial charge in [-0.2, -0.15) is 0 Å². The normalized spacial score (nSPS) is 21.8. The number of hydrogen-bond donors (Lipinski definition) is 0. The third-order valence-corrected chi connectivity index (χ3v) is 10.1. The zero-order chi connectivity index (χ0) is 25.1. The number of halogens is 2. The second-order valence-electron chi connectivity index (χ2n) is 9.87. The van der Waals surface area contributed by atoms with Crippen molar-refractivity contribution in [3.05, 3.63) is 94.5 Å². The van der Waals surface area contributed by atoms with E-state index in [1.807, 2.05) is 0 Å². The molecule has 5 rings (SSSR count). The summed E-state index contributed by atoms with van der Waals surface area (Å²) < 4.78 is 29.4. The zero-order valence-corrected chi connectivity index (χ0v) is 22.6. The minimum absolute atomic E-state index is 0.123. The van der Waals surface area contributed by atoms with Gasteiger partial charge in [0.25, 0.3) is 10.0 Å². The summed E-state index contributed by atoms with van der Waals surface area (Å²) in [7, 11) is -3.77. The number of piperidine rings is 1. The molecule has 2 atom stereocenters. The van der Waals surface area contributed by atoms with Crippen LogP contribution in [0.4, 0.5) is 5.69 Å². The molecule has 0 N–H and O–H groups in total. The molecule has 1 aliphatic heterocycles. The molecule has 2 aliphatic rings. The van der Waals surface area contributed by atoms with Crippen LogP contribution in [0.3, 0.4) is 0 Å². The Morgan fingerprint density at radius 2 is 1.31 bits per heavy atom. The molecule has 0 bridgehead atoms. The molecule has 4 nitrogen and oxygen atoms in total. The maximum atomic E-state index is 13.9. The summed E-state index contributed by atoms with van der Waals surface area (Å²) >= 11 is 12.2. The molecule has 0 radical (unpaired) electrons. The van der Waals surface area contributed by atoms with E-state index in [9.17, 15) is 8.42 Å². The van der Waals surface area contributed by atoms with Crippen LogP contribution in [0.25, 0.3) is 0 Å². The average Bonchev–Trinajstić information content (AvgIpc) is 2.91. The summed E-state index contributed by atoms with van der Waals surface area (Å²) in [5.41, 5.74) is 2.07. The fourth-order valence-electron chi connectivity index (χ4n) is 5.94. The third kappa shape index (κ3) is 5.45. The van der Waals surface area contributed by atoms with Gasteiger partial charge in [0.2, 0.25) is 0 Å². The van der Waals surface area contributed by atoms with Crippen molar-refractivity contribution in [1.82, 2.24) is 4.90 Å². The summed E-state index contributed by atoms with van der Waals surface area (Å²) in [5, 5.41) is 1.10. The fourth-order valence-corrected chi connectivity index (χ4v) is 7.91. The summed E-state index contributed by atoms with van der Waals surface area (Å²) in [6.07, 6.45) is 6.53. The Morgan fingerprint density at radius 3 is 1.94 bits per heavy atom. The molecule has 1 aliphatic carbocycles. The van der Waals surface area contributed by atoms with Gasteiger partial charge in [0, 0.05) is 35.2 Å². The Hall–Kier alpha value is -2.05. The molecule has 7 heteroatoms. The first-order valence-corrected chi connectivity index (χ1v) is 15.0. The molecule has 0 aromatic heterocycles. The molecule has 3 aromatic rings. The molecule has 1 saturated heterocycles. The van der Waals surface area contributed by atoms with Crippen LogP contribution >= 0.6 is 23.2 Å². The van der Waals surface area contributed by atoms with Gasteiger partial charge in [0.1, 0.15) is 0 Å². The van der Waals surface area contributed by atoms with Gasteiger partial charge in [-0.15, -0.1) is 0 Å². The second-order valence-corrected chi connectivity index (χ2v) is 12.6. The van der Waals surface area contributed by atoms with E-state index in [-0.39, 0.29) is 10.9 Å². The minimum atomic E-state index is -3.77. The van der Waals surface area contributed by atoms with Crippen molar-refractivity contribution in [3.63, 3.8) is 0 Å². The molecule has 190 valence electrons. The molecule has 2 fully saturated rings. The van der Waals surface area contributed by atoms with Gasteiger partial charge < -0.3 is 0 Å². The molecule has 1 heterocycles. The van der Waals surface area contributed by atoms with Gasteiger partial charge in [0.05, 0.1) is 10.6 Å². The summed E-state index contributed by atoms with van der Waals surface area (Å²) in [4.78, 5) is 2.86. The number of hydrogen-bond acceptors (Lipinski definition) is 3. The lowest BCUT2D eigenvalue weighted by Crippen LogP contribution is -2.51. The molecular formula is C29H32Cl2N2O2S. The van der Waals surface area contributed by atoms with Crippen LogP contribution in [-0.4, -0.2) is 38.5 Å². The quantitative estimate of drug-likeness (QED) is 0.326. The topological polar surface area (TPSA) is 40.6 Å². The van der Waals surface area contributed by atoms with Crippen LogP contribution in [0, 0.1) is 0 Å². The van der Waals surface area contributed by atoms with Gasteiger partial charge in [-0.05, 0) is 85.7 Å². The highest BCUT2D eigenvalue weighted by Gasteiger charge is 2.38. The standard InChI is InChI=1S/C29H32Cl2N2O2S/c30-23-10-14-25(15-11-23)33(36(34,35)27-16-12-24(31)13-17-27)26-18-20-32(21-19-26)29-9-5-4-8-28(29)22-6-2-1-3-7-22/h1-3,6-7,10-17,26,28-29H,4-5,8-9,18-21H2. The van der Waals surface area contributed by atoms with Gasteiger partial charge in [-0.3, -0.25) is 9.21 Å². The maximum Gasteiger partial charge on any atom is 0.264 e. The van der Waals surface area contributed by atoms with E-state index < -0.39 is 10.0 Å². The lowest BCUT2D eigenvalue weighted by Gasteiger charge is -2.45. The zero-order valence-electron chi connectivity index (χ0n) is 20.3. The molecular weight excluding hydrogens is 511 g/mol. The highest BCUT2D eigenvalue weighted by molar-refractivity contribution is 7.92. The number of likely N-dealkylation sites (tertiary alicyclic amines) is 1. The van der Waals surface area contributed by atoms with Crippen molar-refractivity contribution in [3.8, 4) is 0 Å².